The van der Waals surface area contributed by atoms with Crippen LogP contribution in [0.1, 0.15) is 370 Å². The number of esters is 4. The summed E-state index contributed by atoms with van der Waals surface area (Å²) in [5.41, 5.74) is 0. The van der Waals surface area contributed by atoms with Crippen LogP contribution in [0, 0.1) is 23.7 Å². The van der Waals surface area contributed by atoms with E-state index in [1.54, 1.807) is 0 Å². The third-order valence-electron chi connectivity index (χ3n) is 17.4. The van der Waals surface area contributed by atoms with E-state index in [2.05, 4.69) is 55.4 Å². The maximum Gasteiger partial charge on any atom is 0.472 e. The standard InChI is InChI=1S/C74H144O17P2/c1-9-67(8)53-45-37-27-23-18-16-14-12-10-11-13-15-17-19-24-28-40-48-56-73(78)90-69(60-84-71(76)54-46-38-32-30-35-43-51-65(4)5)62-88-92(80,81)86-58-68(75)59-87-93(82,83)89-63-70(61-85-72(77)55-47-39-33-31-36-44-52-66(6)7)91-74(79)57-49-41-29-25-21-20-22-26-34-42-50-64(2)3/h64-70,75H,9-63H2,1-8H3,(H,80,81)(H,82,83)/t67?,68-,69-,70-/m1/s1. The zero-order chi connectivity index (χ0) is 68.9. The number of ether oxygens (including phenoxy) is 4. The molecule has 93 heavy (non-hydrogen) atoms. The molecule has 0 aliphatic heterocycles. The topological polar surface area (TPSA) is 237 Å². The van der Waals surface area contributed by atoms with Gasteiger partial charge in [-0.15, -0.1) is 0 Å². The largest absolute Gasteiger partial charge is 0.472 e. The lowest BCUT2D eigenvalue weighted by atomic mass is 9.99. The molecule has 0 fully saturated rings. The van der Waals surface area contributed by atoms with Crippen molar-refractivity contribution in [1.29, 1.82) is 0 Å². The Labute approximate surface area is 568 Å². The Balaban J connectivity index is 5.13. The zero-order valence-electron chi connectivity index (χ0n) is 60.9. The minimum atomic E-state index is -4.95. The number of hydrogen-bond donors (Lipinski definition) is 3. The molecular formula is C74H144O17P2. The molecule has 0 amide bonds. The van der Waals surface area contributed by atoms with Gasteiger partial charge in [0.1, 0.15) is 19.3 Å². The van der Waals surface area contributed by atoms with Crippen molar-refractivity contribution in [2.24, 2.45) is 23.7 Å². The second-order valence-corrected chi connectivity index (χ2v) is 31.3. The van der Waals surface area contributed by atoms with Crippen LogP contribution in [-0.4, -0.2) is 96.7 Å². The first-order valence-electron chi connectivity index (χ1n) is 38.2. The third kappa shape index (κ3) is 67.0. The maximum atomic E-state index is 13.0. The number of aliphatic hydroxyl groups excluding tert-OH is 1. The van der Waals surface area contributed by atoms with Gasteiger partial charge < -0.3 is 33.8 Å². The summed E-state index contributed by atoms with van der Waals surface area (Å²) in [6.45, 7) is 14.1. The molecule has 0 aromatic rings. The Kier molecular flexibility index (Phi) is 62.2. The molecular weight excluding hydrogens is 1220 g/mol. The summed E-state index contributed by atoms with van der Waals surface area (Å²) in [7, 11) is -9.91. The van der Waals surface area contributed by atoms with Gasteiger partial charge in [0.15, 0.2) is 12.2 Å². The number of phosphoric ester groups is 2. The summed E-state index contributed by atoms with van der Waals surface area (Å²) in [6, 6.07) is 0. The van der Waals surface area contributed by atoms with Gasteiger partial charge in [0, 0.05) is 25.7 Å². The van der Waals surface area contributed by atoms with Gasteiger partial charge in [-0.3, -0.25) is 37.3 Å². The molecule has 552 valence electrons. The highest BCUT2D eigenvalue weighted by molar-refractivity contribution is 7.47. The van der Waals surface area contributed by atoms with Crippen molar-refractivity contribution in [3.8, 4) is 0 Å². The van der Waals surface area contributed by atoms with Crippen molar-refractivity contribution in [2.75, 3.05) is 39.6 Å². The first kappa shape index (κ1) is 91.1. The number of carbonyl (C=O) groups excluding carboxylic acids is 4. The van der Waals surface area contributed by atoms with Crippen LogP contribution in [0.5, 0.6) is 0 Å². The summed E-state index contributed by atoms with van der Waals surface area (Å²) >= 11 is 0. The van der Waals surface area contributed by atoms with Crippen LogP contribution in [0.4, 0.5) is 0 Å². The molecule has 17 nitrogen and oxygen atoms in total. The molecule has 0 rings (SSSR count). The Hall–Kier alpha value is -1.94. The van der Waals surface area contributed by atoms with Crippen LogP contribution >= 0.6 is 15.6 Å². The van der Waals surface area contributed by atoms with Gasteiger partial charge in [0.25, 0.3) is 0 Å². The minimum absolute atomic E-state index is 0.104. The first-order valence-corrected chi connectivity index (χ1v) is 41.2. The lowest BCUT2D eigenvalue weighted by Gasteiger charge is -2.21. The fourth-order valence-electron chi connectivity index (χ4n) is 11.2. The van der Waals surface area contributed by atoms with Crippen LogP contribution in [0.3, 0.4) is 0 Å². The Morgan fingerprint density at radius 2 is 0.516 bits per heavy atom. The Morgan fingerprint density at radius 3 is 0.763 bits per heavy atom. The van der Waals surface area contributed by atoms with E-state index in [4.69, 9.17) is 37.0 Å². The van der Waals surface area contributed by atoms with E-state index in [1.165, 1.54) is 161 Å². The number of carbonyl (C=O) groups is 4. The number of phosphoric acid groups is 2. The molecule has 0 radical (unpaired) electrons. The molecule has 6 atom stereocenters. The number of rotatable bonds is 71. The molecule has 0 aromatic heterocycles. The number of hydrogen-bond acceptors (Lipinski definition) is 15. The monoisotopic (exact) mass is 1370 g/mol. The average molecular weight is 1370 g/mol. The predicted molar refractivity (Wildman–Crippen MR) is 377 cm³/mol. The first-order chi connectivity index (χ1) is 44.6. The second kappa shape index (κ2) is 63.5. The van der Waals surface area contributed by atoms with E-state index in [0.29, 0.717) is 37.5 Å². The molecule has 0 aliphatic rings. The third-order valence-corrected chi connectivity index (χ3v) is 19.3. The van der Waals surface area contributed by atoms with E-state index in [9.17, 15) is 43.2 Å². The van der Waals surface area contributed by atoms with Crippen molar-refractivity contribution in [1.82, 2.24) is 0 Å². The molecule has 0 heterocycles. The molecule has 3 N–H and O–H groups in total. The van der Waals surface area contributed by atoms with E-state index in [0.717, 1.165) is 115 Å². The van der Waals surface area contributed by atoms with Crippen molar-refractivity contribution < 1.29 is 80.2 Å². The van der Waals surface area contributed by atoms with Gasteiger partial charge >= 0.3 is 39.5 Å². The van der Waals surface area contributed by atoms with Gasteiger partial charge in [-0.2, -0.15) is 0 Å². The quantitative estimate of drug-likeness (QED) is 0.0222. The van der Waals surface area contributed by atoms with E-state index >= 15 is 0 Å². The lowest BCUT2D eigenvalue weighted by Crippen LogP contribution is -2.30. The molecule has 0 aromatic carbocycles. The van der Waals surface area contributed by atoms with Crippen LogP contribution in [0.25, 0.3) is 0 Å². The van der Waals surface area contributed by atoms with Gasteiger partial charge in [0.05, 0.1) is 26.4 Å². The Morgan fingerprint density at radius 1 is 0.301 bits per heavy atom. The SMILES string of the molecule is CCC(C)CCCCCCCCCCCCCCCCCCCCC(=O)O[C@H](COC(=O)CCCCCCCCC(C)C)COP(=O)(O)OC[C@@H](O)COP(=O)(O)OC[C@@H](COC(=O)CCCCCCCCC(C)C)OC(=O)CCCCCCCCCCCCC(C)C. The molecule has 19 heteroatoms. The van der Waals surface area contributed by atoms with Gasteiger partial charge in [-0.25, -0.2) is 9.13 Å². The lowest BCUT2D eigenvalue weighted by molar-refractivity contribution is -0.161. The molecule has 3 unspecified atom stereocenters. The van der Waals surface area contributed by atoms with E-state index in [1.807, 2.05) is 0 Å². The summed E-state index contributed by atoms with van der Waals surface area (Å²) in [5.74, 6) is 0.852. The zero-order valence-corrected chi connectivity index (χ0v) is 62.7. The fraction of sp³-hybridized carbons (Fsp3) is 0.946. The number of unbranched alkanes of at least 4 members (excludes halogenated alkanes) is 36. The highest BCUT2D eigenvalue weighted by Gasteiger charge is 2.30. The van der Waals surface area contributed by atoms with Crippen molar-refractivity contribution in [3.05, 3.63) is 0 Å². The van der Waals surface area contributed by atoms with E-state index in [-0.39, 0.29) is 25.7 Å². The molecule has 0 bridgehead atoms. The highest BCUT2D eigenvalue weighted by atomic mass is 31.2. The molecule has 0 saturated heterocycles. The predicted octanol–water partition coefficient (Wildman–Crippen LogP) is 21.3. The van der Waals surface area contributed by atoms with Crippen LogP contribution in [0.2, 0.25) is 0 Å². The van der Waals surface area contributed by atoms with Gasteiger partial charge in [-0.05, 0) is 49.4 Å². The Bertz CT molecular complexity index is 1840. The number of aliphatic hydroxyl groups is 1. The smallest absolute Gasteiger partial charge is 0.462 e. The van der Waals surface area contributed by atoms with Crippen LogP contribution < -0.4 is 0 Å². The average Bonchev–Trinajstić information content (AvgIpc) is 2.97. The van der Waals surface area contributed by atoms with Crippen LogP contribution in [0.15, 0.2) is 0 Å². The molecule has 0 saturated carbocycles. The van der Waals surface area contributed by atoms with Crippen LogP contribution in [-0.2, 0) is 65.4 Å². The molecule has 0 aliphatic carbocycles. The normalized spacial score (nSPS) is 14.5. The second-order valence-electron chi connectivity index (χ2n) is 28.4. The molecule has 0 spiro atoms. The van der Waals surface area contributed by atoms with Gasteiger partial charge in [0.2, 0.25) is 0 Å². The summed E-state index contributed by atoms with van der Waals surface area (Å²) < 4.78 is 68.3. The fourth-order valence-corrected chi connectivity index (χ4v) is 12.7. The van der Waals surface area contributed by atoms with Crippen molar-refractivity contribution in [3.63, 3.8) is 0 Å². The summed E-state index contributed by atoms with van der Waals surface area (Å²) in [6.07, 6.45) is 47.6. The highest BCUT2D eigenvalue weighted by Crippen LogP contribution is 2.45. The van der Waals surface area contributed by atoms with Crippen molar-refractivity contribution in [2.45, 2.75) is 388 Å². The van der Waals surface area contributed by atoms with Crippen molar-refractivity contribution >= 4 is 39.5 Å². The van der Waals surface area contributed by atoms with Gasteiger partial charge in [-0.1, -0.05) is 319 Å². The minimum Gasteiger partial charge on any atom is -0.462 e. The van der Waals surface area contributed by atoms with E-state index < -0.39 is 97.5 Å². The summed E-state index contributed by atoms with van der Waals surface area (Å²) in [4.78, 5) is 72.6. The summed E-state index contributed by atoms with van der Waals surface area (Å²) in [5, 5.41) is 10.6. The maximum absolute atomic E-state index is 13.0.